The van der Waals surface area contributed by atoms with Crippen molar-refractivity contribution < 1.29 is 37.6 Å². The fourth-order valence-corrected chi connectivity index (χ4v) is 10.3. The largest absolute Gasteiger partial charge is 0.472 e. The quantitative estimate of drug-likeness (QED) is 0.0264. The summed E-state index contributed by atoms with van der Waals surface area (Å²) in [7, 11) is -4.39. The van der Waals surface area contributed by atoms with Gasteiger partial charge in [-0.2, -0.15) is 0 Å². The summed E-state index contributed by atoms with van der Waals surface area (Å²) in [6, 6.07) is 0. The zero-order valence-corrected chi connectivity index (χ0v) is 51.8. The highest BCUT2D eigenvalue weighted by molar-refractivity contribution is 7.47. The number of phosphoric acid groups is 1. The normalized spacial score (nSPS) is 13.4. The van der Waals surface area contributed by atoms with Crippen molar-refractivity contribution in [2.45, 2.75) is 322 Å². The molecule has 0 saturated heterocycles. The summed E-state index contributed by atoms with van der Waals surface area (Å²) in [5.74, 6) is -0.811. The molecule has 10 heteroatoms. The van der Waals surface area contributed by atoms with Gasteiger partial charge in [0.25, 0.3) is 0 Å². The lowest BCUT2D eigenvalue weighted by atomic mass is 10.0. The van der Waals surface area contributed by atoms with Crippen LogP contribution in [0.2, 0.25) is 0 Å². The third-order valence-electron chi connectivity index (χ3n) is 14.4. The van der Waals surface area contributed by atoms with Gasteiger partial charge in [0.1, 0.15) is 6.61 Å². The van der Waals surface area contributed by atoms with E-state index >= 15 is 0 Å². The van der Waals surface area contributed by atoms with Crippen molar-refractivity contribution in [2.24, 2.45) is 5.73 Å². The van der Waals surface area contributed by atoms with Crippen LogP contribution in [0, 0.1) is 0 Å². The number of carbonyl (C=O) groups excluding carboxylic acids is 2. The summed E-state index contributed by atoms with van der Waals surface area (Å²) in [5.41, 5.74) is 5.39. The third kappa shape index (κ3) is 62.6. The second kappa shape index (κ2) is 63.6. The molecule has 0 amide bonds. The van der Waals surface area contributed by atoms with Gasteiger partial charge in [-0.3, -0.25) is 18.6 Å². The second-order valence-corrected chi connectivity index (χ2v) is 23.4. The van der Waals surface area contributed by atoms with Gasteiger partial charge in [0.15, 0.2) is 6.10 Å². The lowest BCUT2D eigenvalue weighted by molar-refractivity contribution is -0.161. The summed E-state index contributed by atoms with van der Waals surface area (Å²) in [4.78, 5) is 35.3. The number of nitrogens with two attached hydrogens (primary N) is 1. The van der Waals surface area contributed by atoms with Gasteiger partial charge in [-0.05, 0) is 64.2 Å². The molecule has 0 spiro atoms. The number of rotatable bonds is 62. The maximum atomic E-state index is 12.7. The Morgan fingerprint density at radius 3 is 1.05 bits per heavy atom. The summed E-state index contributed by atoms with van der Waals surface area (Å²) in [6.45, 7) is 3.68. The Kier molecular flexibility index (Phi) is 61.5. The molecule has 0 aromatic carbocycles. The maximum Gasteiger partial charge on any atom is 0.472 e. The van der Waals surface area contributed by atoms with E-state index in [1.165, 1.54) is 205 Å². The molecular formula is C68H124NO8P. The van der Waals surface area contributed by atoms with Crippen LogP contribution in [0.15, 0.2) is 72.9 Å². The molecule has 3 N–H and O–H groups in total. The third-order valence-corrected chi connectivity index (χ3v) is 15.3. The number of unbranched alkanes of at least 4 members (excludes halogenated alkanes) is 37. The monoisotopic (exact) mass is 1110 g/mol. The topological polar surface area (TPSA) is 134 Å². The van der Waals surface area contributed by atoms with Gasteiger partial charge in [-0.1, -0.05) is 311 Å². The Labute approximate surface area is 482 Å². The molecule has 0 aliphatic rings. The minimum atomic E-state index is -4.39. The minimum absolute atomic E-state index is 0.0544. The van der Waals surface area contributed by atoms with Gasteiger partial charge in [0.2, 0.25) is 0 Å². The van der Waals surface area contributed by atoms with Gasteiger partial charge >= 0.3 is 19.8 Å². The SMILES string of the molecule is CC/C=C\C/C=C\C/C=C\C/C=C\C/C=C\C/C=C\CCCCCCCCCCCCCCCCCCCCC(=O)OC(COC(=O)CCCCCCCCCCCCCCCCCCCCCC)COP(=O)(O)OCCN. The van der Waals surface area contributed by atoms with Gasteiger partial charge in [-0.15, -0.1) is 0 Å². The standard InChI is InChI=1S/C68H124NO8P/c1-3-5-7-9-11-13-15-17-19-21-23-25-26-27-28-29-30-31-32-33-34-35-36-37-38-39-40-41-43-45-47-49-51-53-55-57-59-61-68(71)77-66(65-76-78(72,73)75-63-62-69)64-74-67(70)60-58-56-54-52-50-48-46-44-42-24-22-20-18-16-14-12-10-8-6-4-2/h5,7,11,13,17,19,23,25,27-28,30-31,66H,3-4,6,8-10,12,14-16,18,20-22,24,26,29,32-65,69H2,1-2H3,(H,72,73)/b7-5-,13-11-,19-17-,25-23-,28-27-,31-30-. The molecule has 0 heterocycles. The van der Waals surface area contributed by atoms with Gasteiger partial charge in [-0.25, -0.2) is 4.57 Å². The van der Waals surface area contributed by atoms with E-state index in [2.05, 4.69) is 86.8 Å². The fourth-order valence-electron chi connectivity index (χ4n) is 9.53. The number of carbonyl (C=O) groups is 2. The first-order valence-corrected chi connectivity index (χ1v) is 34.4. The van der Waals surface area contributed by atoms with Crippen molar-refractivity contribution in [3.05, 3.63) is 72.9 Å². The molecule has 2 unspecified atom stereocenters. The molecular weight excluding hydrogens is 990 g/mol. The summed E-state index contributed by atoms with van der Waals surface area (Å²) < 4.78 is 33.1. The van der Waals surface area contributed by atoms with Crippen molar-refractivity contribution in [2.75, 3.05) is 26.4 Å². The molecule has 78 heavy (non-hydrogen) atoms. The molecule has 0 aliphatic heterocycles. The van der Waals surface area contributed by atoms with Crippen LogP contribution >= 0.6 is 7.82 Å². The van der Waals surface area contributed by atoms with E-state index in [4.69, 9.17) is 24.3 Å². The zero-order chi connectivity index (χ0) is 56.6. The molecule has 0 rings (SSSR count). The maximum absolute atomic E-state index is 12.7. The van der Waals surface area contributed by atoms with Crippen LogP contribution in [-0.2, 0) is 32.7 Å². The smallest absolute Gasteiger partial charge is 0.462 e. The van der Waals surface area contributed by atoms with E-state index in [0.29, 0.717) is 6.42 Å². The Morgan fingerprint density at radius 2 is 0.705 bits per heavy atom. The van der Waals surface area contributed by atoms with Crippen LogP contribution in [0.1, 0.15) is 316 Å². The van der Waals surface area contributed by atoms with Crippen LogP contribution in [0.3, 0.4) is 0 Å². The predicted molar refractivity (Wildman–Crippen MR) is 335 cm³/mol. The van der Waals surface area contributed by atoms with Gasteiger partial charge in [0, 0.05) is 19.4 Å². The van der Waals surface area contributed by atoms with E-state index in [1.807, 2.05) is 0 Å². The van der Waals surface area contributed by atoms with Crippen molar-refractivity contribution in [1.29, 1.82) is 0 Å². The lowest BCUT2D eigenvalue weighted by Gasteiger charge is -2.19. The average molecular weight is 1110 g/mol. The first-order chi connectivity index (χ1) is 38.3. The number of allylic oxidation sites excluding steroid dienone is 12. The first-order valence-electron chi connectivity index (χ1n) is 32.9. The molecule has 454 valence electrons. The number of hydrogen-bond donors (Lipinski definition) is 2. The summed E-state index contributed by atoms with van der Waals surface area (Å²) in [5, 5.41) is 0. The first kappa shape index (κ1) is 75.5. The molecule has 0 fully saturated rings. The van der Waals surface area contributed by atoms with Gasteiger partial charge in [0.05, 0.1) is 13.2 Å². The molecule has 0 aliphatic carbocycles. The molecule has 0 radical (unpaired) electrons. The van der Waals surface area contributed by atoms with Crippen LogP contribution in [0.5, 0.6) is 0 Å². The van der Waals surface area contributed by atoms with E-state index < -0.39 is 26.5 Å². The molecule has 9 nitrogen and oxygen atoms in total. The van der Waals surface area contributed by atoms with Crippen LogP contribution in [-0.4, -0.2) is 49.3 Å². The molecule has 0 bridgehead atoms. The highest BCUT2D eigenvalue weighted by Crippen LogP contribution is 2.43. The number of esters is 2. The highest BCUT2D eigenvalue weighted by Gasteiger charge is 2.26. The van der Waals surface area contributed by atoms with Crippen molar-refractivity contribution in [1.82, 2.24) is 0 Å². The summed E-state index contributed by atoms with van der Waals surface area (Å²) >= 11 is 0. The molecule has 0 aromatic heterocycles. The van der Waals surface area contributed by atoms with Crippen LogP contribution < -0.4 is 5.73 Å². The molecule has 0 saturated carbocycles. The van der Waals surface area contributed by atoms with Crippen LogP contribution in [0.4, 0.5) is 0 Å². The van der Waals surface area contributed by atoms with E-state index in [0.717, 1.165) is 77.0 Å². The molecule has 0 aromatic rings. The van der Waals surface area contributed by atoms with Crippen molar-refractivity contribution in [3.8, 4) is 0 Å². The second-order valence-electron chi connectivity index (χ2n) is 22.0. The van der Waals surface area contributed by atoms with E-state index in [-0.39, 0.29) is 38.6 Å². The zero-order valence-electron chi connectivity index (χ0n) is 50.9. The van der Waals surface area contributed by atoms with E-state index in [9.17, 15) is 19.0 Å². The lowest BCUT2D eigenvalue weighted by Crippen LogP contribution is -2.29. The number of ether oxygens (including phenoxy) is 2. The highest BCUT2D eigenvalue weighted by atomic mass is 31.2. The van der Waals surface area contributed by atoms with Crippen molar-refractivity contribution in [3.63, 3.8) is 0 Å². The van der Waals surface area contributed by atoms with Crippen LogP contribution in [0.25, 0.3) is 0 Å². The number of phosphoric ester groups is 1. The Morgan fingerprint density at radius 1 is 0.397 bits per heavy atom. The Bertz CT molecular complexity index is 1510. The Hall–Kier alpha value is -2.55. The fraction of sp³-hybridized carbons (Fsp3) is 0.794. The average Bonchev–Trinajstić information content (AvgIpc) is 3.43. The molecule has 2 atom stereocenters. The Balaban J connectivity index is 3.84. The van der Waals surface area contributed by atoms with E-state index in [1.54, 1.807) is 0 Å². The minimum Gasteiger partial charge on any atom is -0.462 e. The summed E-state index contributed by atoms with van der Waals surface area (Å²) in [6.07, 6.45) is 82.7. The van der Waals surface area contributed by atoms with Gasteiger partial charge < -0.3 is 20.1 Å². The predicted octanol–water partition coefficient (Wildman–Crippen LogP) is 21.2. The number of hydrogen-bond acceptors (Lipinski definition) is 8. The van der Waals surface area contributed by atoms with Crippen molar-refractivity contribution >= 4 is 19.8 Å².